The van der Waals surface area contributed by atoms with Gasteiger partial charge >= 0.3 is 0 Å². The maximum Gasteiger partial charge on any atom is 0.257 e. The van der Waals surface area contributed by atoms with Crippen LogP contribution in [0.5, 0.6) is 0 Å². The van der Waals surface area contributed by atoms with Crippen LogP contribution >= 0.6 is 11.3 Å². The third kappa shape index (κ3) is 2.09. The molecule has 0 saturated heterocycles. The highest BCUT2D eigenvalue weighted by Crippen LogP contribution is 2.24. The zero-order chi connectivity index (χ0) is 12.5. The van der Waals surface area contributed by atoms with Crippen LogP contribution in [0, 0.1) is 6.92 Å². The monoisotopic (exact) mass is 259 g/mol. The molecular formula is C13H13N3OS. The number of nitrogens with zero attached hydrogens (tertiary/aromatic N) is 1. The molecule has 1 aliphatic heterocycles. The van der Waals surface area contributed by atoms with Gasteiger partial charge in [0, 0.05) is 28.9 Å². The summed E-state index contributed by atoms with van der Waals surface area (Å²) < 4.78 is 0. The fourth-order valence-electron chi connectivity index (χ4n) is 2.03. The first kappa shape index (κ1) is 11.2. The van der Waals surface area contributed by atoms with Gasteiger partial charge in [0.2, 0.25) is 0 Å². The van der Waals surface area contributed by atoms with Crippen molar-refractivity contribution in [2.45, 2.75) is 13.3 Å². The highest BCUT2D eigenvalue weighted by Gasteiger charge is 2.14. The molecule has 0 atom stereocenters. The molecule has 0 saturated carbocycles. The Balaban J connectivity index is 1.80. The average Bonchev–Trinajstić information content (AvgIpc) is 2.96. The van der Waals surface area contributed by atoms with Crippen LogP contribution in [0.25, 0.3) is 0 Å². The maximum absolute atomic E-state index is 12.1. The van der Waals surface area contributed by atoms with Crippen molar-refractivity contribution in [3.8, 4) is 0 Å². The van der Waals surface area contributed by atoms with Crippen molar-refractivity contribution in [3.63, 3.8) is 0 Å². The number of aromatic nitrogens is 1. The van der Waals surface area contributed by atoms with Gasteiger partial charge in [-0.2, -0.15) is 0 Å². The molecule has 5 heteroatoms. The summed E-state index contributed by atoms with van der Waals surface area (Å²) >= 11 is 1.48. The van der Waals surface area contributed by atoms with E-state index in [0.717, 1.165) is 23.5 Å². The minimum Gasteiger partial charge on any atom is -0.384 e. The zero-order valence-corrected chi connectivity index (χ0v) is 10.8. The van der Waals surface area contributed by atoms with Crippen LogP contribution in [0.4, 0.5) is 10.8 Å². The van der Waals surface area contributed by atoms with Gasteiger partial charge in [0.05, 0.1) is 0 Å². The molecular weight excluding hydrogens is 246 g/mol. The fourth-order valence-corrected chi connectivity index (χ4v) is 2.69. The molecule has 0 spiro atoms. The van der Waals surface area contributed by atoms with E-state index in [4.69, 9.17) is 0 Å². The molecule has 92 valence electrons. The molecule has 1 aromatic carbocycles. The minimum atomic E-state index is -0.0981. The third-order valence-corrected chi connectivity index (χ3v) is 3.75. The maximum atomic E-state index is 12.1. The van der Waals surface area contributed by atoms with Gasteiger partial charge < -0.3 is 5.32 Å². The first-order valence-corrected chi connectivity index (χ1v) is 6.64. The van der Waals surface area contributed by atoms with E-state index in [-0.39, 0.29) is 5.91 Å². The van der Waals surface area contributed by atoms with Crippen LogP contribution in [0.15, 0.2) is 24.4 Å². The SMILES string of the molecule is Cc1cnc(NC(=O)c2ccc3c(c2)CCN3)s1. The van der Waals surface area contributed by atoms with Crippen molar-refractivity contribution in [1.29, 1.82) is 0 Å². The number of benzene rings is 1. The van der Waals surface area contributed by atoms with E-state index in [2.05, 4.69) is 15.6 Å². The molecule has 3 rings (SSSR count). The van der Waals surface area contributed by atoms with Crippen LogP contribution in [-0.2, 0) is 6.42 Å². The van der Waals surface area contributed by atoms with Crippen LogP contribution < -0.4 is 10.6 Å². The van der Waals surface area contributed by atoms with E-state index in [1.807, 2.05) is 25.1 Å². The lowest BCUT2D eigenvalue weighted by Gasteiger charge is -2.04. The number of nitrogens with one attached hydrogen (secondary N) is 2. The molecule has 0 fully saturated rings. The third-order valence-electron chi connectivity index (χ3n) is 2.92. The molecule has 1 amide bonds. The quantitative estimate of drug-likeness (QED) is 0.871. The topological polar surface area (TPSA) is 54.0 Å². The highest BCUT2D eigenvalue weighted by atomic mass is 32.1. The summed E-state index contributed by atoms with van der Waals surface area (Å²) in [5, 5.41) is 6.74. The summed E-state index contributed by atoms with van der Waals surface area (Å²) in [4.78, 5) is 17.3. The molecule has 0 unspecified atom stereocenters. The lowest BCUT2D eigenvalue weighted by atomic mass is 10.1. The van der Waals surface area contributed by atoms with Crippen LogP contribution in [-0.4, -0.2) is 17.4 Å². The second-order valence-electron chi connectivity index (χ2n) is 4.28. The van der Waals surface area contributed by atoms with E-state index in [0.29, 0.717) is 10.7 Å². The predicted molar refractivity (Wildman–Crippen MR) is 73.4 cm³/mol. The van der Waals surface area contributed by atoms with Gasteiger partial charge in [0.15, 0.2) is 5.13 Å². The van der Waals surface area contributed by atoms with Gasteiger partial charge in [-0.25, -0.2) is 4.98 Å². The Bertz CT molecular complexity index is 606. The van der Waals surface area contributed by atoms with Crippen LogP contribution in [0.2, 0.25) is 0 Å². The van der Waals surface area contributed by atoms with E-state index in [9.17, 15) is 4.79 Å². The Morgan fingerprint density at radius 1 is 1.50 bits per heavy atom. The molecule has 18 heavy (non-hydrogen) atoms. The Labute approximate surface area is 109 Å². The smallest absolute Gasteiger partial charge is 0.257 e. The molecule has 1 aromatic heterocycles. The molecule has 0 bridgehead atoms. The Morgan fingerprint density at radius 2 is 2.39 bits per heavy atom. The van der Waals surface area contributed by atoms with Crippen molar-refractivity contribution in [2.24, 2.45) is 0 Å². The van der Waals surface area contributed by atoms with Gasteiger partial charge in [0.25, 0.3) is 5.91 Å². The summed E-state index contributed by atoms with van der Waals surface area (Å²) in [5.74, 6) is -0.0981. The van der Waals surface area contributed by atoms with Crippen molar-refractivity contribution >= 4 is 28.1 Å². The van der Waals surface area contributed by atoms with E-state index >= 15 is 0 Å². The molecule has 4 nitrogen and oxygen atoms in total. The summed E-state index contributed by atoms with van der Waals surface area (Å²) in [7, 11) is 0. The van der Waals surface area contributed by atoms with Gasteiger partial charge in [-0.1, -0.05) is 0 Å². The number of fused-ring (bicyclic) bond motifs is 1. The summed E-state index contributed by atoms with van der Waals surface area (Å²) in [6.45, 7) is 2.92. The molecule has 0 aliphatic carbocycles. The highest BCUT2D eigenvalue weighted by molar-refractivity contribution is 7.15. The van der Waals surface area contributed by atoms with Crippen molar-refractivity contribution < 1.29 is 4.79 Å². The van der Waals surface area contributed by atoms with E-state index in [1.54, 1.807) is 6.20 Å². The summed E-state index contributed by atoms with van der Waals surface area (Å²) in [6.07, 6.45) is 2.74. The van der Waals surface area contributed by atoms with Gasteiger partial charge in [-0.15, -0.1) is 11.3 Å². The van der Waals surface area contributed by atoms with E-state index < -0.39 is 0 Å². The number of aryl methyl sites for hydroxylation is 1. The molecule has 2 heterocycles. The number of carbonyl (C=O) groups is 1. The lowest BCUT2D eigenvalue weighted by molar-refractivity contribution is 0.102. The second-order valence-corrected chi connectivity index (χ2v) is 5.51. The number of hydrogen-bond acceptors (Lipinski definition) is 4. The normalized spacial score (nSPS) is 12.9. The summed E-state index contributed by atoms with van der Waals surface area (Å²) in [5.41, 5.74) is 3.03. The Kier molecular flexibility index (Phi) is 2.76. The van der Waals surface area contributed by atoms with Crippen molar-refractivity contribution in [3.05, 3.63) is 40.4 Å². The van der Waals surface area contributed by atoms with Gasteiger partial charge in [-0.3, -0.25) is 10.1 Å². The minimum absolute atomic E-state index is 0.0981. The Morgan fingerprint density at radius 3 is 3.17 bits per heavy atom. The Hall–Kier alpha value is -1.88. The number of carbonyl (C=O) groups excluding carboxylic acids is 1. The number of amides is 1. The first-order chi connectivity index (χ1) is 8.72. The second kappa shape index (κ2) is 4.42. The first-order valence-electron chi connectivity index (χ1n) is 5.83. The number of thiazole rings is 1. The number of anilines is 2. The average molecular weight is 259 g/mol. The summed E-state index contributed by atoms with van der Waals surface area (Å²) in [6, 6.07) is 5.75. The largest absolute Gasteiger partial charge is 0.384 e. The lowest BCUT2D eigenvalue weighted by Crippen LogP contribution is -2.11. The molecule has 1 aliphatic rings. The molecule has 2 N–H and O–H groups in total. The molecule has 2 aromatic rings. The fraction of sp³-hybridized carbons (Fsp3) is 0.231. The van der Waals surface area contributed by atoms with Crippen LogP contribution in [0.3, 0.4) is 0 Å². The van der Waals surface area contributed by atoms with Crippen molar-refractivity contribution in [2.75, 3.05) is 17.2 Å². The van der Waals surface area contributed by atoms with E-state index in [1.165, 1.54) is 16.9 Å². The standard InChI is InChI=1S/C13H13N3OS/c1-8-7-15-13(18-8)16-12(17)10-2-3-11-9(6-10)4-5-14-11/h2-3,6-7,14H,4-5H2,1H3,(H,15,16,17). The number of hydrogen-bond donors (Lipinski definition) is 2. The van der Waals surface area contributed by atoms with Gasteiger partial charge in [-0.05, 0) is 37.1 Å². The van der Waals surface area contributed by atoms with Crippen LogP contribution in [0.1, 0.15) is 20.8 Å². The zero-order valence-electron chi connectivity index (χ0n) is 9.99. The van der Waals surface area contributed by atoms with Gasteiger partial charge in [0.1, 0.15) is 0 Å². The number of rotatable bonds is 2. The van der Waals surface area contributed by atoms with Crippen molar-refractivity contribution in [1.82, 2.24) is 4.98 Å². The predicted octanol–water partition coefficient (Wildman–Crippen LogP) is 2.67. The molecule has 0 radical (unpaired) electrons.